The maximum Gasteiger partial charge on any atom is 0.295 e. The molecule has 1 saturated heterocycles. The van der Waals surface area contributed by atoms with Crippen LogP contribution in [-0.4, -0.2) is 230 Å². The van der Waals surface area contributed by atoms with Crippen LogP contribution >= 0.6 is 23.2 Å². The van der Waals surface area contributed by atoms with E-state index in [1.54, 1.807) is 6.92 Å². The Hall–Kier alpha value is -10.1. The molecule has 6 aromatic rings. The monoisotopic (exact) mass is 1920 g/mol. The smallest absolute Gasteiger partial charge is 0.295 e. The zero-order chi connectivity index (χ0) is 98.1. The number of phenolic OH excluding ortho intramolecular Hbond substituents is 3. The molecule has 22 N–H and O–H groups in total. The summed E-state index contributed by atoms with van der Waals surface area (Å²) in [6.07, 6.45) is -19.1. The third-order valence-corrected chi connectivity index (χ3v) is 26.5. The highest BCUT2D eigenvalue weighted by molar-refractivity contribution is 6.32. The van der Waals surface area contributed by atoms with Gasteiger partial charge in [-0.25, -0.2) is 0 Å². The molecular weight excluding hydrogens is 1800 g/mol. The zero-order valence-electron chi connectivity index (χ0n) is 76.0. The van der Waals surface area contributed by atoms with E-state index < -0.39 is 275 Å². The predicted molar refractivity (Wildman–Crippen MR) is 488 cm³/mol. The molecule has 2 fully saturated rings. The van der Waals surface area contributed by atoms with Crippen LogP contribution in [0.25, 0.3) is 11.1 Å². The zero-order valence-corrected chi connectivity index (χ0v) is 77.5. The van der Waals surface area contributed by atoms with Crippen LogP contribution in [0.1, 0.15) is 226 Å². The summed E-state index contributed by atoms with van der Waals surface area (Å²) < 4.78 is 39.5. The van der Waals surface area contributed by atoms with E-state index in [-0.39, 0.29) is 102 Å². The van der Waals surface area contributed by atoms with Crippen molar-refractivity contribution < 1.29 is 143 Å². The third-order valence-electron chi connectivity index (χ3n) is 25.9. The van der Waals surface area contributed by atoms with Gasteiger partial charge in [-0.3, -0.25) is 43.2 Å². The number of Topliss-reactive ketones (excluding diaryl/α,β-unsaturated/α-hetero) is 3. The first-order valence-corrected chi connectivity index (χ1v) is 46.6. The lowest BCUT2D eigenvalue weighted by Crippen LogP contribution is -2.64. The molecule has 3 unspecified atom stereocenters. The summed E-state index contributed by atoms with van der Waals surface area (Å²) >= 11 is 14.5. The highest BCUT2D eigenvalue weighted by atomic mass is 35.5. The predicted octanol–water partition coefficient (Wildman–Crippen LogP) is 6.62. The maximum atomic E-state index is 16.7. The van der Waals surface area contributed by atoms with Crippen molar-refractivity contribution in [1.82, 2.24) is 31.9 Å². The number of fused-ring (bicyclic) bond motifs is 15. The Kier molecular flexibility index (Phi) is 37.3. The van der Waals surface area contributed by atoms with Gasteiger partial charge in [-0.1, -0.05) is 139 Å². The van der Waals surface area contributed by atoms with Gasteiger partial charge in [0.2, 0.25) is 47.8 Å². The molecule has 22 atom stereocenters. The highest BCUT2D eigenvalue weighted by Gasteiger charge is 2.52. The molecule has 36 nitrogen and oxygen atoms in total. The lowest BCUT2D eigenvalue weighted by Gasteiger charge is -2.48. The van der Waals surface area contributed by atoms with Crippen molar-refractivity contribution in [2.45, 2.75) is 286 Å². The summed E-state index contributed by atoms with van der Waals surface area (Å²) in [6, 6.07) is 15.6. The fourth-order valence-electron chi connectivity index (χ4n) is 18.2. The van der Waals surface area contributed by atoms with Crippen LogP contribution in [0.2, 0.25) is 10.0 Å². The maximum absolute atomic E-state index is 16.7. The topological polar surface area (TPSA) is 590 Å². The van der Waals surface area contributed by atoms with Crippen molar-refractivity contribution in [3.63, 3.8) is 0 Å². The Morgan fingerprint density at radius 2 is 1.33 bits per heavy atom. The number of aliphatic hydroxyl groups excluding tert-OH is 11. The summed E-state index contributed by atoms with van der Waals surface area (Å²) in [5.74, 6) is -18.8. The first-order valence-electron chi connectivity index (χ1n) is 45.9. The van der Waals surface area contributed by atoms with E-state index in [2.05, 4.69) is 51.0 Å². The molecule has 6 aliphatic heterocycles. The number of nitrogens with two attached hydrogens (primary N) is 1. The van der Waals surface area contributed by atoms with E-state index in [0.717, 1.165) is 67.3 Å². The van der Waals surface area contributed by atoms with Gasteiger partial charge in [0.25, 0.3) is 6.47 Å². The van der Waals surface area contributed by atoms with Gasteiger partial charge >= 0.3 is 0 Å². The van der Waals surface area contributed by atoms with Gasteiger partial charge in [0, 0.05) is 66.9 Å². The Labute approximate surface area is 790 Å². The fourth-order valence-corrected chi connectivity index (χ4v) is 18.6. The first-order chi connectivity index (χ1) is 64.3. The molecule has 6 aromatic carbocycles. The molecule has 13 rings (SSSR count). The second-order valence-electron chi connectivity index (χ2n) is 36.5. The van der Waals surface area contributed by atoms with E-state index in [1.165, 1.54) is 68.0 Å². The van der Waals surface area contributed by atoms with Crippen molar-refractivity contribution in [2.75, 3.05) is 19.8 Å². The number of benzene rings is 6. The second kappa shape index (κ2) is 47.8. The molecule has 0 radical (unpaired) electrons. The molecular formula is C97H125Cl2N7O29. The van der Waals surface area contributed by atoms with Gasteiger partial charge in [0.15, 0.2) is 28.8 Å². The standard InChI is InChI=1S/C97H125Cl2N7O29/c1-7-9-10-11-12-13-14-17-49-19-21-50(22-20-49)42-102-97(6)41-57(31-48(5)90(97)125)131-89-87(124)85(122)74(45-108)134-96(89)135-88-72-36-55-37-73(88)133-71-28-25-54(34-63(71)99)81(118)79-94(129)106-95(130-46-109)60-40-66(112)61(43-101-29-16-15-18-65(111)83(120)86(123)84(121)69(115)44-107)82(119)76(60)59-32-52(23-26-64(59)110)58(93(128)105-79)39-68(114)77(55)103-92(127)56(38-75(100)116)35-67(113)78(104-91(126)51(8-2)30-47(3)4)80(117)53-24-27-70(132-72)62(98)33-53/h19-28,32-34,36-37,40,46-48,51,56-58,69,74,77-81,83-87,89-90,95-96,101-102,107-108,110,112,115,117-125H,7-18,29-31,35,38-39,41-45H2,1-6H3,(H2,100,116)(H,103,127)(H,104,126)(H,105,128)(H,106,129)/t48-,51-,56+,57-,58+,69-,74-,77-,78+,79+,80-,81-,83+,84-,85?,86-,87?,89-,90-,95-,96+,97?/m1/s1. The number of halogens is 2. The number of unbranched alkanes of at least 4 members (excludes halogenated alkanes) is 7. The number of carbonyl (C=O) groups is 9. The molecule has 6 heterocycles. The molecule has 1 saturated carbocycles. The Morgan fingerprint density at radius 3 is 1.96 bits per heavy atom. The summed E-state index contributed by atoms with van der Waals surface area (Å²) in [7, 11) is 0. The summed E-state index contributed by atoms with van der Waals surface area (Å²) in [4.78, 5) is 133. The van der Waals surface area contributed by atoms with Crippen molar-refractivity contribution in [3.8, 4) is 57.1 Å². The van der Waals surface area contributed by atoms with Crippen LogP contribution in [0.4, 0.5) is 0 Å². The molecule has 0 spiro atoms. The Morgan fingerprint density at radius 1 is 0.689 bits per heavy atom. The van der Waals surface area contributed by atoms with Gasteiger partial charge in [-0.2, -0.15) is 0 Å². The van der Waals surface area contributed by atoms with E-state index in [9.17, 15) is 90.7 Å². The van der Waals surface area contributed by atoms with E-state index in [1.807, 2.05) is 39.8 Å². The lowest BCUT2D eigenvalue weighted by molar-refractivity contribution is -0.299. The fraction of sp³-hybridized carbons (Fsp3) is 0.536. The number of hydrogen-bond acceptors (Lipinski definition) is 31. The summed E-state index contributed by atoms with van der Waals surface area (Å²) in [5.41, 5.74) is 4.19. The van der Waals surface area contributed by atoms with Crippen molar-refractivity contribution >= 4 is 76.6 Å². The number of aliphatic hydroxyl groups is 11. The van der Waals surface area contributed by atoms with Gasteiger partial charge in [0.05, 0.1) is 52.9 Å². The van der Waals surface area contributed by atoms with Crippen LogP contribution < -0.4 is 51.8 Å². The molecule has 38 heteroatoms. The molecule has 736 valence electrons. The number of ketones is 3. The van der Waals surface area contributed by atoms with Crippen molar-refractivity contribution in [2.24, 2.45) is 29.4 Å². The van der Waals surface area contributed by atoms with Crippen LogP contribution in [-0.2, 0) is 76.9 Å². The third kappa shape index (κ3) is 25.9. The van der Waals surface area contributed by atoms with Crippen LogP contribution in [0.15, 0.2) is 97.1 Å². The quantitative estimate of drug-likeness (QED) is 0.0144. The van der Waals surface area contributed by atoms with Crippen LogP contribution in [0, 0.1) is 23.7 Å². The number of primary amides is 1. The van der Waals surface area contributed by atoms with Gasteiger partial charge in [-0.15, -0.1) is 0 Å². The van der Waals surface area contributed by atoms with Gasteiger partial charge in [0.1, 0.15) is 108 Å². The van der Waals surface area contributed by atoms with Crippen LogP contribution in [0.5, 0.6) is 46.0 Å². The number of ether oxygens (including phenoxy) is 6. The minimum Gasteiger partial charge on any atom is -0.507 e. The molecule has 135 heavy (non-hydrogen) atoms. The Bertz CT molecular complexity index is 5170. The van der Waals surface area contributed by atoms with Gasteiger partial charge < -0.3 is 138 Å². The first kappa shape index (κ1) is 105. The largest absolute Gasteiger partial charge is 0.507 e. The minimum absolute atomic E-state index is 0.00354. The van der Waals surface area contributed by atoms with Gasteiger partial charge in [-0.05, 0) is 165 Å². The van der Waals surface area contributed by atoms with Crippen molar-refractivity contribution in [1.29, 1.82) is 0 Å². The number of carbonyl (C=O) groups excluding carboxylic acids is 9. The SMILES string of the molecule is CCCCCCCCCc1ccc(CNC2(C)C[C@H](O[C@@H]3C(O)C(O)[C@@H](CO)O[C@H]3Oc3c4cc5cc3Oc3ccc(cc3Cl)[C@@H](O)[C@@H](NC(=O)[C@H](CC)CC(C)C)C(=O)C[C@@H](CC(N)=O)C(=O)N[C@H]5C(=O)C[C@@H]3C(=O)N[C@H](C(=O)N[C@H](OC=O)c5cc(O)c(CNCCCCC(=O)[C@H](O)[C@@H](O)[C@H](O)[C@H](O)CO)c(O)c5-c5cc3ccc5O)[C@H](O)c3ccc(c(Cl)c3)O4)C[C@@H](C)[C@H]2O)cc1. The molecule has 1 aliphatic carbocycles. The molecule has 11 bridgehead atoms. The summed E-state index contributed by atoms with van der Waals surface area (Å²) in [5, 5.41) is 175. The number of hydrogen-bond donors (Lipinski definition) is 21. The normalized spacial score (nSPS) is 26.1. The van der Waals surface area contributed by atoms with Crippen LogP contribution in [0.3, 0.4) is 0 Å². The van der Waals surface area contributed by atoms with E-state index >= 15 is 24.0 Å². The second-order valence-corrected chi connectivity index (χ2v) is 37.3. The summed E-state index contributed by atoms with van der Waals surface area (Å²) in [6.45, 7) is 9.12. The minimum atomic E-state index is -2.26. The van der Waals surface area contributed by atoms with E-state index in [0.29, 0.717) is 13.0 Å². The number of nitrogens with one attached hydrogen (secondary N) is 6. The Balaban J connectivity index is 1.06. The number of aromatic hydroxyl groups is 3. The highest BCUT2D eigenvalue weighted by Crippen LogP contribution is 2.52. The number of phenols is 3. The van der Waals surface area contributed by atoms with Crippen molar-refractivity contribution in [3.05, 3.63) is 152 Å². The number of amides is 5. The lowest BCUT2D eigenvalue weighted by atomic mass is 9.73. The molecule has 5 amide bonds. The average Bonchev–Trinajstić information content (AvgIpc) is 0.757. The van der Waals surface area contributed by atoms with E-state index in [4.69, 9.17) is 57.4 Å². The number of rotatable bonds is 37. The number of aryl methyl sites for hydroxylation is 1. The molecule has 7 aliphatic rings. The molecule has 0 aromatic heterocycles. The average molecular weight is 1920 g/mol.